The molecular weight excluding hydrogens is 214 g/mol. The second-order valence-electron chi connectivity index (χ2n) is 4.19. The standard InChI is InChI=1S/C9H19N3O2S/c1-2-10-15(13,14)12-7-6-11-5-3-4-9(11)8-12/h9-10H,2-8H2,1H3/t9-/m1/s1. The Morgan fingerprint density at radius 2 is 2.13 bits per heavy atom. The van der Waals surface area contributed by atoms with Crippen molar-refractivity contribution >= 4 is 10.2 Å². The zero-order chi connectivity index (χ0) is 10.9. The third-order valence-electron chi connectivity index (χ3n) is 3.22. The normalized spacial score (nSPS) is 29.3. The van der Waals surface area contributed by atoms with Gasteiger partial charge in [0.15, 0.2) is 0 Å². The van der Waals surface area contributed by atoms with Gasteiger partial charge in [0.05, 0.1) is 0 Å². The van der Waals surface area contributed by atoms with Gasteiger partial charge < -0.3 is 0 Å². The molecule has 2 rings (SSSR count). The van der Waals surface area contributed by atoms with Crippen molar-refractivity contribution in [2.24, 2.45) is 0 Å². The van der Waals surface area contributed by atoms with E-state index in [-0.39, 0.29) is 0 Å². The maximum absolute atomic E-state index is 11.8. The molecule has 6 heteroatoms. The zero-order valence-corrected chi connectivity index (χ0v) is 9.96. The first-order valence-corrected chi connectivity index (χ1v) is 7.06. The molecule has 1 atom stereocenters. The average molecular weight is 233 g/mol. The predicted octanol–water partition coefficient (Wildman–Crippen LogP) is -0.379. The number of fused-ring (bicyclic) bond motifs is 1. The highest BCUT2D eigenvalue weighted by Crippen LogP contribution is 2.22. The van der Waals surface area contributed by atoms with E-state index in [2.05, 4.69) is 9.62 Å². The number of hydrogen-bond donors (Lipinski definition) is 1. The first kappa shape index (κ1) is 11.3. The largest absolute Gasteiger partial charge is 0.298 e. The molecule has 2 saturated heterocycles. The van der Waals surface area contributed by atoms with Crippen LogP contribution in [-0.4, -0.2) is 56.4 Å². The summed E-state index contributed by atoms with van der Waals surface area (Å²) in [6.45, 7) is 5.59. The summed E-state index contributed by atoms with van der Waals surface area (Å²) in [5, 5.41) is 0. The van der Waals surface area contributed by atoms with Gasteiger partial charge in [-0.25, -0.2) is 4.72 Å². The Bertz CT molecular complexity index is 317. The average Bonchev–Trinajstić information content (AvgIpc) is 2.63. The van der Waals surface area contributed by atoms with E-state index in [1.807, 2.05) is 6.92 Å². The van der Waals surface area contributed by atoms with E-state index < -0.39 is 10.2 Å². The van der Waals surface area contributed by atoms with E-state index in [0.717, 1.165) is 19.5 Å². The van der Waals surface area contributed by atoms with E-state index in [1.165, 1.54) is 6.42 Å². The fraction of sp³-hybridized carbons (Fsp3) is 1.00. The van der Waals surface area contributed by atoms with Gasteiger partial charge in [-0.1, -0.05) is 6.92 Å². The third-order valence-corrected chi connectivity index (χ3v) is 4.88. The molecule has 0 amide bonds. The summed E-state index contributed by atoms with van der Waals surface area (Å²) < 4.78 is 27.7. The van der Waals surface area contributed by atoms with E-state index in [4.69, 9.17) is 0 Å². The van der Waals surface area contributed by atoms with Gasteiger partial charge in [-0.05, 0) is 19.4 Å². The lowest BCUT2D eigenvalue weighted by molar-refractivity contribution is 0.157. The van der Waals surface area contributed by atoms with E-state index in [1.54, 1.807) is 4.31 Å². The molecule has 0 bridgehead atoms. The van der Waals surface area contributed by atoms with Crippen LogP contribution in [0.4, 0.5) is 0 Å². The van der Waals surface area contributed by atoms with Gasteiger partial charge in [-0.3, -0.25) is 4.90 Å². The molecule has 0 saturated carbocycles. The second kappa shape index (κ2) is 4.37. The van der Waals surface area contributed by atoms with Crippen LogP contribution in [0.15, 0.2) is 0 Å². The van der Waals surface area contributed by atoms with Gasteiger partial charge in [0.2, 0.25) is 0 Å². The monoisotopic (exact) mass is 233 g/mol. The molecule has 2 aliphatic rings. The van der Waals surface area contributed by atoms with Crippen LogP contribution < -0.4 is 4.72 Å². The molecule has 0 aromatic heterocycles. The molecule has 0 spiro atoms. The molecule has 0 aromatic carbocycles. The molecule has 2 aliphatic heterocycles. The number of nitrogens with zero attached hydrogens (tertiary/aromatic N) is 2. The first-order valence-electron chi connectivity index (χ1n) is 5.62. The lowest BCUT2D eigenvalue weighted by Crippen LogP contribution is -2.54. The highest BCUT2D eigenvalue weighted by Gasteiger charge is 2.35. The number of hydrogen-bond acceptors (Lipinski definition) is 3. The van der Waals surface area contributed by atoms with Crippen molar-refractivity contribution in [3.63, 3.8) is 0 Å². The van der Waals surface area contributed by atoms with Crippen LogP contribution in [0.2, 0.25) is 0 Å². The summed E-state index contributed by atoms with van der Waals surface area (Å²) in [5.74, 6) is 0. The molecule has 2 heterocycles. The molecule has 2 fully saturated rings. The van der Waals surface area contributed by atoms with E-state index >= 15 is 0 Å². The van der Waals surface area contributed by atoms with Crippen molar-refractivity contribution < 1.29 is 8.42 Å². The maximum Gasteiger partial charge on any atom is 0.279 e. The Morgan fingerprint density at radius 3 is 2.87 bits per heavy atom. The van der Waals surface area contributed by atoms with Crippen molar-refractivity contribution in [3.05, 3.63) is 0 Å². The van der Waals surface area contributed by atoms with Crippen molar-refractivity contribution in [2.45, 2.75) is 25.8 Å². The summed E-state index contributed by atoms with van der Waals surface area (Å²) in [7, 11) is -3.22. The minimum Gasteiger partial charge on any atom is -0.298 e. The van der Waals surface area contributed by atoms with Crippen molar-refractivity contribution in [1.82, 2.24) is 13.9 Å². The van der Waals surface area contributed by atoms with Crippen molar-refractivity contribution in [1.29, 1.82) is 0 Å². The Kier molecular flexibility index (Phi) is 3.30. The summed E-state index contributed by atoms with van der Waals surface area (Å²) in [4.78, 5) is 2.40. The summed E-state index contributed by atoms with van der Waals surface area (Å²) in [5.41, 5.74) is 0. The predicted molar refractivity (Wildman–Crippen MR) is 58.8 cm³/mol. The summed E-state index contributed by atoms with van der Waals surface area (Å²) in [6.07, 6.45) is 2.35. The molecule has 5 nitrogen and oxygen atoms in total. The van der Waals surface area contributed by atoms with Gasteiger partial charge in [0.1, 0.15) is 0 Å². The van der Waals surface area contributed by atoms with Gasteiger partial charge in [0.25, 0.3) is 10.2 Å². The molecular formula is C9H19N3O2S. The van der Waals surface area contributed by atoms with Crippen molar-refractivity contribution in [3.8, 4) is 0 Å². The van der Waals surface area contributed by atoms with Gasteiger partial charge >= 0.3 is 0 Å². The SMILES string of the molecule is CCNS(=O)(=O)N1CCN2CCC[C@@H]2C1. The fourth-order valence-corrected chi connectivity index (χ4v) is 3.69. The molecule has 1 N–H and O–H groups in total. The van der Waals surface area contributed by atoms with Crippen LogP contribution in [0.25, 0.3) is 0 Å². The maximum atomic E-state index is 11.8. The molecule has 0 aromatic rings. The van der Waals surface area contributed by atoms with Gasteiger partial charge in [0, 0.05) is 32.2 Å². The Labute approximate surface area is 91.6 Å². The fourth-order valence-electron chi connectivity index (χ4n) is 2.45. The molecule has 0 unspecified atom stereocenters. The quantitative estimate of drug-likeness (QED) is 0.723. The van der Waals surface area contributed by atoms with Crippen molar-refractivity contribution in [2.75, 3.05) is 32.7 Å². The minimum absolute atomic E-state index is 0.451. The second-order valence-corrected chi connectivity index (χ2v) is 5.95. The number of rotatable bonds is 3. The number of nitrogens with one attached hydrogen (secondary N) is 1. The smallest absolute Gasteiger partial charge is 0.279 e. The molecule has 0 aliphatic carbocycles. The molecule has 88 valence electrons. The lowest BCUT2D eigenvalue weighted by Gasteiger charge is -2.36. The first-order chi connectivity index (χ1) is 7.13. The van der Waals surface area contributed by atoms with Crippen LogP contribution in [0.1, 0.15) is 19.8 Å². The van der Waals surface area contributed by atoms with Crippen LogP contribution >= 0.6 is 0 Å². The molecule has 0 radical (unpaired) electrons. The molecule has 15 heavy (non-hydrogen) atoms. The lowest BCUT2D eigenvalue weighted by atomic mass is 10.2. The van der Waals surface area contributed by atoms with Gasteiger partial charge in [-0.2, -0.15) is 12.7 Å². The minimum atomic E-state index is -3.22. The summed E-state index contributed by atoms with van der Waals surface area (Å²) >= 11 is 0. The Hall–Kier alpha value is -0.170. The van der Waals surface area contributed by atoms with Crippen LogP contribution in [0.3, 0.4) is 0 Å². The summed E-state index contributed by atoms with van der Waals surface area (Å²) in [6, 6.07) is 0.451. The van der Waals surface area contributed by atoms with E-state index in [9.17, 15) is 8.42 Å². The third kappa shape index (κ3) is 2.33. The van der Waals surface area contributed by atoms with Gasteiger partial charge in [-0.15, -0.1) is 0 Å². The number of piperazine rings is 1. The van der Waals surface area contributed by atoms with Crippen LogP contribution in [0.5, 0.6) is 0 Å². The Balaban J connectivity index is 2.00. The topological polar surface area (TPSA) is 52.7 Å². The van der Waals surface area contributed by atoms with Crippen LogP contribution in [-0.2, 0) is 10.2 Å². The highest BCUT2D eigenvalue weighted by atomic mass is 32.2. The van der Waals surface area contributed by atoms with E-state index in [0.29, 0.717) is 25.7 Å². The zero-order valence-electron chi connectivity index (χ0n) is 9.15. The van der Waals surface area contributed by atoms with Crippen LogP contribution in [0, 0.1) is 0 Å². The Morgan fingerprint density at radius 1 is 1.33 bits per heavy atom. The highest BCUT2D eigenvalue weighted by molar-refractivity contribution is 7.87.